The van der Waals surface area contributed by atoms with Crippen LogP contribution in [0.2, 0.25) is 0 Å². The Kier molecular flexibility index (Phi) is 4.51. The van der Waals surface area contributed by atoms with Crippen LogP contribution in [0.15, 0.2) is 45.2 Å². The van der Waals surface area contributed by atoms with Gasteiger partial charge in [0.15, 0.2) is 5.13 Å². The van der Waals surface area contributed by atoms with Gasteiger partial charge in [-0.05, 0) is 30.0 Å². The number of aromatic nitrogens is 4. The van der Waals surface area contributed by atoms with E-state index in [0.717, 1.165) is 16.5 Å². The van der Waals surface area contributed by atoms with Gasteiger partial charge in [-0.1, -0.05) is 17.3 Å². The molecule has 4 aromatic rings. The van der Waals surface area contributed by atoms with Crippen molar-refractivity contribution >= 4 is 33.3 Å². The van der Waals surface area contributed by atoms with Crippen LogP contribution in [0.5, 0.6) is 0 Å². The zero-order chi connectivity index (χ0) is 18.8. The largest absolute Gasteiger partial charge is 0.339 e. The summed E-state index contributed by atoms with van der Waals surface area (Å²) in [6.45, 7) is 1.96. The van der Waals surface area contributed by atoms with Crippen molar-refractivity contribution < 1.29 is 9.32 Å². The summed E-state index contributed by atoms with van der Waals surface area (Å²) in [6, 6.07) is 7.53. The summed E-state index contributed by atoms with van der Waals surface area (Å²) in [4.78, 5) is 35.3. The summed E-state index contributed by atoms with van der Waals surface area (Å²) in [5.74, 6) is 0.306. The van der Waals surface area contributed by atoms with Gasteiger partial charge in [0.1, 0.15) is 0 Å². The predicted octanol–water partition coefficient (Wildman–Crippen LogP) is 2.91. The summed E-state index contributed by atoms with van der Waals surface area (Å²) in [6.07, 6.45) is 2.07. The van der Waals surface area contributed by atoms with Gasteiger partial charge in [-0.3, -0.25) is 9.59 Å². The van der Waals surface area contributed by atoms with Crippen molar-refractivity contribution in [3.05, 3.63) is 57.7 Å². The maximum atomic E-state index is 12.4. The van der Waals surface area contributed by atoms with Crippen molar-refractivity contribution in [2.75, 3.05) is 5.32 Å². The van der Waals surface area contributed by atoms with Crippen LogP contribution in [-0.2, 0) is 11.2 Å². The molecule has 4 rings (SSSR count). The Morgan fingerprint density at radius 2 is 2.22 bits per heavy atom. The van der Waals surface area contributed by atoms with Gasteiger partial charge >= 0.3 is 0 Å². The van der Waals surface area contributed by atoms with E-state index in [4.69, 9.17) is 4.52 Å². The molecule has 0 bridgehead atoms. The third-order valence-corrected chi connectivity index (χ3v) is 4.64. The summed E-state index contributed by atoms with van der Waals surface area (Å²) in [7, 11) is 0. The Morgan fingerprint density at radius 3 is 3.04 bits per heavy atom. The second-order valence-corrected chi connectivity index (χ2v) is 6.89. The van der Waals surface area contributed by atoms with Gasteiger partial charge in [-0.25, -0.2) is 4.98 Å². The summed E-state index contributed by atoms with van der Waals surface area (Å²) < 4.78 is 5.18. The minimum absolute atomic E-state index is 0.175. The van der Waals surface area contributed by atoms with Crippen LogP contribution < -0.4 is 10.9 Å². The minimum atomic E-state index is -0.290. The molecule has 0 saturated carbocycles. The molecule has 9 heteroatoms. The van der Waals surface area contributed by atoms with Crippen molar-refractivity contribution in [2.24, 2.45) is 0 Å². The Morgan fingerprint density at radius 1 is 1.33 bits per heavy atom. The number of amides is 1. The van der Waals surface area contributed by atoms with Crippen LogP contribution >= 0.6 is 11.3 Å². The molecular formula is C18H15N5O3S. The number of hydrogen-bond donors (Lipinski definition) is 2. The normalized spacial score (nSPS) is 11.0. The average molecular weight is 381 g/mol. The number of carbonyl (C=O) groups is 1. The van der Waals surface area contributed by atoms with Gasteiger partial charge in [0.25, 0.3) is 5.56 Å². The molecule has 0 aliphatic heterocycles. The van der Waals surface area contributed by atoms with E-state index >= 15 is 0 Å². The van der Waals surface area contributed by atoms with Crippen LogP contribution in [0.3, 0.4) is 0 Å². The lowest BCUT2D eigenvalue weighted by molar-refractivity contribution is -0.116. The first-order valence-corrected chi connectivity index (χ1v) is 9.12. The first kappa shape index (κ1) is 17.1. The number of aromatic amines is 1. The monoisotopic (exact) mass is 381 g/mol. The van der Waals surface area contributed by atoms with Crippen LogP contribution in [0.25, 0.3) is 22.3 Å². The molecule has 2 N–H and O–H groups in total. The number of pyridine rings is 1. The lowest BCUT2D eigenvalue weighted by Crippen LogP contribution is -2.12. The Labute approximate surface area is 157 Å². The second kappa shape index (κ2) is 7.12. The Bertz CT molecular complexity index is 1160. The fourth-order valence-corrected chi connectivity index (χ4v) is 3.18. The van der Waals surface area contributed by atoms with Gasteiger partial charge in [0, 0.05) is 29.9 Å². The fourth-order valence-electron chi connectivity index (χ4n) is 2.63. The maximum Gasteiger partial charge on any atom is 0.259 e. The van der Waals surface area contributed by atoms with E-state index in [9.17, 15) is 9.59 Å². The van der Waals surface area contributed by atoms with Gasteiger partial charge in [0.05, 0.1) is 5.56 Å². The number of fused-ring (bicyclic) bond motifs is 1. The Balaban J connectivity index is 1.50. The number of anilines is 1. The third-order valence-electron chi connectivity index (χ3n) is 3.96. The molecule has 3 heterocycles. The molecular weight excluding hydrogens is 366 g/mol. The molecule has 1 amide bonds. The van der Waals surface area contributed by atoms with Crippen molar-refractivity contribution in [3.8, 4) is 11.4 Å². The van der Waals surface area contributed by atoms with E-state index in [1.165, 1.54) is 11.3 Å². The Hall–Kier alpha value is -3.33. The highest BCUT2D eigenvalue weighted by atomic mass is 32.1. The molecule has 0 aliphatic carbocycles. The first-order valence-electron chi connectivity index (χ1n) is 8.24. The number of carbonyl (C=O) groups excluding carboxylic acids is 1. The van der Waals surface area contributed by atoms with Crippen LogP contribution in [0.4, 0.5) is 5.13 Å². The molecule has 0 spiro atoms. The number of H-pyrrole nitrogens is 1. The van der Waals surface area contributed by atoms with Gasteiger partial charge in [0.2, 0.25) is 17.6 Å². The van der Waals surface area contributed by atoms with E-state index in [0.29, 0.717) is 16.6 Å². The zero-order valence-corrected chi connectivity index (χ0v) is 15.2. The van der Waals surface area contributed by atoms with Crippen LogP contribution in [-0.4, -0.2) is 26.0 Å². The summed E-state index contributed by atoms with van der Waals surface area (Å²) in [5, 5.41) is 9.77. The maximum absolute atomic E-state index is 12.4. The van der Waals surface area contributed by atoms with Crippen LogP contribution in [0, 0.1) is 6.92 Å². The molecule has 0 unspecified atom stereocenters. The highest BCUT2D eigenvalue weighted by Crippen LogP contribution is 2.19. The number of aryl methyl sites for hydroxylation is 2. The molecule has 136 valence electrons. The SMILES string of the molecule is Cc1ccc2cc(-c3noc(CCC(=O)Nc4nccs4)n3)c(=O)[nH]c2c1. The average Bonchev–Trinajstić information content (AvgIpc) is 3.31. The van der Waals surface area contributed by atoms with Crippen molar-refractivity contribution in [2.45, 2.75) is 19.8 Å². The van der Waals surface area contributed by atoms with E-state index < -0.39 is 0 Å². The molecule has 0 saturated heterocycles. The number of rotatable bonds is 5. The fraction of sp³-hybridized carbons (Fsp3) is 0.167. The molecule has 1 aromatic carbocycles. The zero-order valence-electron chi connectivity index (χ0n) is 14.4. The van der Waals surface area contributed by atoms with Crippen molar-refractivity contribution in [1.29, 1.82) is 0 Å². The minimum Gasteiger partial charge on any atom is -0.339 e. The topological polar surface area (TPSA) is 114 Å². The highest BCUT2D eigenvalue weighted by Gasteiger charge is 2.14. The number of nitrogens with one attached hydrogen (secondary N) is 2. The van der Waals surface area contributed by atoms with E-state index in [2.05, 4.69) is 25.4 Å². The molecule has 0 atom stereocenters. The standard InChI is InChI=1S/C18H15N5O3S/c1-10-2-3-11-9-12(17(25)20-13(11)8-10)16-22-15(26-23-16)5-4-14(24)21-18-19-6-7-27-18/h2-3,6-9H,4-5H2,1H3,(H,20,25)(H,19,21,24). The molecule has 0 aliphatic rings. The third kappa shape index (κ3) is 3.77. The smallest absolute Gasteiger partial charge is 0.259 e. The van der Waals surface area contributed by atoms with E-state index in [-0.39, 0.29) is 30.1 Å². The number of nitrogens with zero attached hydrogens (tertiary/aromatic N) is 3. The van der Waals surface area contributed by atoms with E-state index in [1.54, 1.807) is 17.6 Å². The number of benzene rings is 1. The lowest BCUT2D eigenvalue weighted by atomic mass is 10.1. The van der Waals surface area contributed by atoms with Crippen molar-refractivity contribution in [3.63, 3.8) is 0 Å². The van der Waals surface area contributed by atoms with Crippen LogP contribution in [0.1, 0.15) is 17.9 Å². The van der Waals surface area contributed by atoms with E-state index in [1.807, 2.05) is 25.1 Å². The molecule has 3 aromatic heterocycles. The summed E-state index contributed by atoms with van der Waals surface area (Å²) in [5.41, 5.74) is 1.85. The van der Waals surface area contributed by atoms with Gasteiger partial charge in [-0.2, -0.15) is 4.98 Å². The lowest BCUT2D eigenvalue weighted by Gasteiger charge is -2.01. The quantitative estimate of drug-likeness (QED) is 0.549. The molecule has 0 radical (unpaired) electrons. The molecule has 8 nitrogen and oxygen atoms in total. The molecule has 0 fully saturated rings. The van der Waals surface area contributed by atoms with Crippen molar-refractivity contribution in [1.82, 2.24) is 20.1 Å². The number of thiazole rings is 1. The highest BCUT2D eigenvalue weighted by molar-refractivity contribution is 7.13. The number of hydrogen-bond acceptors (Lipinski definition) is 7. The summed E-state index contributed by atoms with van der Waals surface area (Å²) >= 11 is 1.34. The van der Waals surface area contributed by atoms with Gasteiger partial charge < -0.3 is 14.8 Å². The van der Waals surface area contributed by atoms with Gasteiger partial charge in [-0.15, -0.1) is 11.3 Å². The molecule has 27 heavy (non-hydrogen) atoms. The first-order chi connectivity index (χ1) is 13.1. The second-order valence-electron chi connectivity index (χ2n) is 6.00. The predicted molar refractivity (Wildman–Crippen MR) is 102 cm³/mol.